The van der Waals surface area contributed by atoms with Gasteiger partial charge < -0.3 is 19.9 Å². The highest BCUT2D eigenvalue weighted by molar-refractivity contribution is 5.76. The van der Waals surface area contributed by atoms with Crippen molar-refractivity contribution < 1.29 is 9.53 Å². The smallest absolute Gasteiger partial charge is 0.251 e. The van der Waals surface area contributed by atoms with Crippen LogP contribution in [0.1, 0.15) is 13.8 Å². The molecule has 1 aromatic heterocycles. The predicted molar refractivity (Wildman–Crippen MR) is 71.7 cm³/mol. The van der Waals surface area contributed by atoms with E-state index in [0.717, 1.165) is 0 Å². The first-order valence-electron chi connectivity index (χ1n) is 6.34. The van der Waals surface area contributed by atoms with Crippen LogP contribution in [0.25, 0.3) is 0 Å². The maximum atomic E-state index is 12.3. The standard InChI is InChI=1S/C13H19N3O3/c1-9-8-19-10(2)5-16(9)13(18)7-15-6-11(14)3-4-12(15)17/h3-4,6,9-10H,5,7-8,14H2,1-2H3. The van der Waals surface area contributed by atoms with Gasteiger partial charge in [0.25, 0.3) is 5.56 Å². The monoisotopic (exact) mass is 265 g/mol. The number of anilines is 1. The summed E-state index contributed by atoms with van der Waals surface area (Å²) in [7, 11) is 0. The first-order chi connectivity index (χ1) is 8.97. The number of rotatable bonds is 2. The van der Waals surface area contributed by atoms with Crippen molar-refractivity contribution in [3.05, 3.63) is 28.7 Å². The van der Waals surface area contributed by atoms with E-state index in [1.165, 1.54) is 22.9 Å². The Morgan fingerprint density at radius 3 is 2.95 bits per heavy atom. The zero-order valence-corrected chi connectivity index (χ0v) is 11.2. The SMILES string of the molecule is CC1CN(C(=O)Cn2cc(N)ccc2=O)C(C)CO1. The van der Waals surface area contributed by atoms with Gasteiger partial charge in [0.1, 0.15) is 6.54 Å². The molecular formula is C13H19N3O3. The second kappa shape index (κ2) is 5.44. The number of ether oxygens (including phenoxy) is 1. The van der Waals surface area contributed by atoms with Gasteiger partial charge in [-0.2, -0.15) is 0 Å². The van der Waals surface area contributed by atoms with Crippen LogP contribution in [-0.4, -0.2) is 40.7 Å². The van der Waals surface area contributed by atoms with E-state index in [0.29, 0.717) is 18.8 Å². The van der Waals surface area contributed by atoms with Crippen molar-refractivity contribution in [1.29, 1.82) is 0 Å². The predicted octanol–water partition coefficient (Wildman–Crippen LogP) is 0.0663. The first kappa shape index (κ1) is 13.6. The topological polar surface area (TPSA) is 77.6 Å². The molecule has 1 aliphatic rings. The number of carbonyl (C=O) groups excluding carboxylic acids is 1. The van der Waals surface area contributed by atoms with Gasteiger partial charge in [0.05, 0.1) is 18.8 Å². The van der Waals surface area contributed by atoms with Crippen molar-refractivity contribution >= 4 is 11.6 Å². The number of hydrogen-bond donors (Lipinski definition) is 1. The highest BCUT2D eigenvalue weighted by Gasteiger charge is 2.27. The fraction of sp³-hybridized carbons (Fsp3) is 0.538. The summed E-state index contributed by atoms with van der Waals surface area (Å²) in [6.45, 7) is 4.96. The van der Waals surface area contributed by atoms with Crippen LogP contribution in [0.4, 0.5) is 5.69 Å². The Morgan fingerprint density at radius 2 is 2.21 bits per heavy atom. The highest BCUT2D eigenvalue weighted by atomic mass is 16.5. The third-order valence-electron chi connectivity index (χ3n) is 3.24. The molecule has 0 spiro atoms. The molecule has 2 N–H and O–H groups in total. The molecule has 6 heteroatoms. The summed E-state index contributed by atoms with van der Waals surface area (Å²) < 4.78 is 6.82. The Hall–Kier alpha value is -1.82. The number of hydrogen-bond acceptors (Lipinski definition) is 4. The summed E-state index contributed by atoms with van der Waals surface area (Å²) in [4.78, 5) is 25.7. The van der Waals surface area contributed by atoms with Gasteiger partial charge in [-0.3, -0.25) is 9.59 Å². The van der Waals surface area contributed by atoms with Gasteiger partial charge in [-0.25, -0.2) is 0 Å². The van der Waals surface area contributed by atoms with Crippen LogP contribution >= 0.6 is 0 Å². The van der Waals surface area contributed by atoms with Gasteiger partial charge in [0.2, 0.25) is 5.91 Å². The normalized spacial score (nSPS) is 23.4. The lowest BCUT2D eigenvalue weighted by Gasteiger charge is -2.36. The Morgan fingerprint density at radius 1 is 1.47 bits per heavy atom. The van der Waals surface area contributed by atoms with Crippen LogP contribution in [0.5, 0.6) is 0 Å². The first-order valence-corrected chi connectivity index (χ1v) is 6.34. The van der Waals surface area contributed by atoms with Gasteiger partial charge in [0, 0.05) is 24.5 Å². The average Bonchev–Trinajstić information content (AvgIpc) is 2.36. The minimum atomic E-state index is -0.225. The van der Waals surface area contributed by atoms with Crippen LogP contribution in [0.15, 0.2) is 23.1 Å². The number of morpholine rings is 1. The van der Waals surface area contributed by atoms with E-state index >= 15 is 0 Å². The van der Waals surface area contributed by atoms with Crippen LogP contribution in [-0.2, 0) is 16.1 Å². The number of nitrogen functional groups attached to an aromatic ring is 1. The van der Waals surface area contributed by atoms with E-state index in [1.54, 1.807) is 4.90 Å². The van der Waals surface area contributed by atoms with Gasteiger partial charge in [0.15, 0.2) is 0 Å². The summed E-state index contributed by atoms with van der Waals surface area (Å²) in [6.07, 6.45) is 1.52. The second-order valence-electron chi connectivity index (χ2n) is 4.97. The Bertz CT molecular complexity index is 526. The summed E-state index contributed by atoms with van der Waals surface area (Å²) in [6, 6.07) is 2.93. The third kappa shape index (κ3) is 3.14. The lowest BCUT2D eigenvalue weighted by Crippen LogP contribution is -2.51. The third-order valence-corrected chi connectivity index (χ3v) is 3.24. The lowest BCUT2D eigenvalue weighted by atomic mass is 10.2. The molecular weight excluding hydrogens is 246 g/mol. The Balaban J connectivity index is 2.12. The molecule has 2 unspecified atom stereocenters. The minimum absolute atomic E-state index is 0.0148. The number of aromatic nitrogens is 1. The molecule has 19 heavy (non-hydrogen) atoms. The highest BCUT2D eigenvalue weighted by Crippen LogP contribution is 2.12. The Labute approximate surface area is 111 Å². The van der Waals surface area contributed by atoms with Gasteiger partial charge in [-0.1, -0.05) is 0 Å². The molecule has 0 aromatic carbocycles. The lowest BCUT2D eigenvalue weighted by molar-refractivity contribution is -0.143. The van der Waals surface area contributed by atoms with Crippen molar-refractivity contribution in [1.82, 2.24) is 9.47 Å². The van der Waals surface area contributed by atoms with Crippen molar-refractivity contribution in [2.45, 2.75) is 32.5 Å². The van der Waals surface area contributed by atoms with E-state index in [1.807, 2.05) is 13.8 Å². The minimum Gasteiger partial charge on any atom is -0.398 e. The summed E-state index contributed by atoms with van der Waals surface area (Å²) >= 11 is 0. The molecule has 2 rings (SSSR count). The Kier molecular flexibility index (Phi) is 3.90. The molecule has 0 radical (unpaired) electrons. The van der Waals surface area contributed by atoms with E-state index in [2.05, 4.69) is 0 Å². The molecule has 0 aliphatic carbocycles. The van der Waals surface area contributed by atoms with Crippen LogP contribution in [0, 0.1) is 0 Å². The van der Waals surface area contributed by atoms with Crippen LogP contribution in [0.3, 0.4) is 0 Å². The molecule has 1 aromatic rings. The number of nitrogens with zero attached hydrogens (tertiary/aromatic N) is 2. The molecule has 1 aliphatic heterocycles. The zero-order chi connectivity index (χ0) is 14.0. The number of carbonyl (C=O) groups is 1. The maximum Gasteiger partial charge on any atom is 0.251 e. The maximum absolute atomic E-state index is 12.3. The van der Waals surface area contributed by atoms with E-state index < -0.39 is 0 Å². The second-order valence-corrected chi connectivity index (χ2v) is 4.97. The fourth-order valence-electron chi connectivity index (χ4n) is 2.16. The quantitative estimate of drug-likeness (QED) is 0.820. The molecule has 2 heterocycles. The molecule has 2 atom stereocenters. The van der Waals surface area contributed by atoms with Crippen LogP contribution < -0.4 is 11.3 Å². The van der Waals surface area contributed by atoms with Gasteiger partial charge in [-0.05, 0) is 19.9 Å². The number of nitrogens with two attached hydrogens (primary N) is 1. The summed E-state index contributed by atoms with van der Waals surface area (Å²) in [5.41, 5.74) is 5.87. The number of pyridine rings is 1. The number of amides is 1. The zero-order valence-electron chi connectivity index (χ0n) is 11.2. The summed E-state index contributed by atoms with van der Waals surface area (Å²) in [5.74, 6) is -0.0876. The van der Waals surface area contributed by atoms with Crippen molar-refractivity contribution in [3.63, 3.8) is 0 Å². The van der Waals surface area contributed by atoms with E-state index in [-0.39, 0.29) is 30.2 Å². The summed E-state index contributed by atoms with van der Waals surface area (Å²) in [5, 5.41) is 0. The largest absolute Gasteiger partial charge is 0.398 e. The van der Waals surface area contributed by atoms with Crippen LogP contribution in [0.2, 0.25) is 0 Å². The fourth-order valence-corrected chi connectivity index (χ4v) is 2.16. The van der Waals surface area contributed by atoms with Crippen molar-refractivity contribution in [3.8, 4) is 0 Å². The van der Waals surface area contributed by atoms with Gasteiger partial charge in [-0.15, -0.1) is 0 Å². The van der Waals surface area contributed by atoms with E-state index in [4.69, 9.17) is 10.5 Å². The van der Waals surface area contributed by atoms with E-state index in [9.17, 15) is 9.59 Å². The molecule has 104 valence electrons. The molecule has 6 nitrogen and oxygen atoms in total. The van der Waals surface area contributed by atoms with Crippen molar-refractivity contribution in [2.24, 2.45) is 0 Å². The van der Waals surface area contributed by atoms with Crippen molar-refractivity contribution in [2.75, 3.05) is 18.9 Å². The molecule has 1 saturated heterocycles. The molecule has 0 bridgehead atoms. The molecule has 1 fully saturated rings. The van der Waals surface area contributed by atoms with Gasteiger partial charge >= 0.3 is 0 Å². The molecule has 0 saturated carbocycles. The molecule has 1 amide bonds. The average molecular weight is 265 g/mol.